The van der Waals surface area contributed by atoms with Crippen molar-refractivity contribution in [2.45, 2.75) is 19.4 Å². The Morgan fingerprint density at radius 1 is 1.19 bits per heavy atom. The minimum Gasteiger partial charge on any atom is -0.493 e. The van der Waals surface area contributed by atoms with Gasteiger partial charge in [0.25, 0.3) is 0 Å². The number of anilines is 1. The van der Waals surface area contributed by atoms with Crippen LogP contribution in [0.5, 0.6) is 11.5 Å². The summed E-state index contributed by atoms with van der Waals surface area (Å²) < 4.78 is 18.2. The Bertz CT molecular complexity index is 944. The van der Waals surface area contributed by atoms with Crippen molar-refractivity contribution in [3.8, 4) is 11.5 Å². The number of hydrogen-bond donors (Lipinski definition) is 1. The quantitative estimate of drug-likeness (QED) is 0.757. The average molecular weight is 352 g/mol. The van der Waals surface area contributed by atoms with Crippen LogP contribution in [0.4, 0.5) is 5.95 Å². The molecule has 4 rings (SSSR count). The summed E-state index contributed by atoms with van der Waals surface area (Å²) in [7, 11) is 3.25. The summed E-state index contributed by atoms with van der Waals surface area (Å²) in [5.41, 5.74) is 1.88. The highest BCUT2D eigenvalue weighted by Crippen LogP contribution is 2.35. The molecule has 7 nitrogen and oxygen atoms in total. The van der Waals surface area contributed by atoms with Crippen LogP contribution in [0.3, 0.4) is 0 Å². The number of aromatic nitrogens is 3. The second-order valence-electron chi connectivity index (χ2n) is 5.89. The molecule has 26 heavy (non-hydrogen) atoms. The summed E-state index contributed by atoms with van der Waals surface area (Å²) in [6.45, 7) is 2.03. The molecule has 0 fully saturated rings. The highest BCUT2D eigenvalue weighted by Gasteiger charge is 2.27. The highest BCUT2D eigenvalue weighted by atomic mass is 16.5. The maximum Gasteiger partial charge on any atom is 0.226 e. The van der Waals surface area contributed by atoms with Crippen molar-refractivity contribution in [1.29, 1.82) is 0 Å². The first-order valence-electron chi connectivity index (χ1n) is 8.43. The van der Waals surface area contributed by atoms with Crippen LogP contribution in [0.1, 0.15) is 30.1 Å². The number of fused-ring (bicyclic) bond motifs is 1. The van der Waals surface area contributed by atoms with Crippen LogP contribution in [0.25, 0.3) is 5.70 Å². The van der Waals surface area contributed by atoms with Crippen LogP contribution in [0, 0.1) is 0 Å². The largest absolute Gasteiger partial charge is 0.493 e. The second kappa shape index (κ2) is 6.59. The number of hydrogen-bond acceptors (Lipinski definition) is 6. The molecule has 0 unspecified atom stereocenters. The number of benzene rings is 1. The lowest BCUT2D eigenvalue weighted by molar-refractivity contribution is 0.355. The zero-order chi connectivity index (χ0) is 18.1. The number of nitrogens with zero attached hydrogens (tertiary/aromatic N) is 3. The molecule has 0 aliphatic carbocycles. The molecular formula is C19H20N4O3. The molecule has 0 saturated heterocycles. The molecule has 3 aromatic rings. The first-order chi connectivity index (χ1) is 12.7. The van der Waals surface area contributed by atoms with E-state index >= 15 is 0 Å². The van der Waals surface area contributed by atoms with Gasteiger partial charge in [0.2, 0.25) is 5.95 Å². The summed E-state index contributed by atoms with van der Waals surface area (Å²) in [6.07, 6.45) is 4.50. The number of allylic oxidation sites excluding steroid dienone is 1. The van der Waals surface area contributed by atoms with Crippen molar-refractivity contribution >= 4 is 11.6 Å². The number of rotatable bonds is 5. The number of nitrogens with one attached hydrogen (secondary N) is 1. The van der Waals surface area contributed by atoms with Crippen LogP contribution in [0.2, 0.25) is 0 Å². The first kappa shape index (κ1) is 16.3. The SMILES string of the molecule is CCc1nc2n(n1)[C@@H](c1ccco1)C=C(c1ccc(OC)c(OC)c1)N2. The molecule has 0 bridgehead atoms. The zero-order valence-electron chi connectivity index (χ0n) is 14.9. The fraction of sp³-hybridized carbons (Fsp3) is 0.263. The van der Waals surface area contributed by atoms with Crippen molar-refractivity contribution in [1.82, 2.24) is 14.8 Å². The van der Waals surface area contributed by atoms with Gasteiger partial charge in [-0.2, -0.15) is 10.1 Å². The van der Waals surface area contributed by atoms with E-state index in [1.165, 1.54) is 0 Å². The van der Waals surface area contributed by atoms with Crippen molar-refractivity contribution < 1.29 is 13.9 Å². The molecule has 0 saturated carbocycles. The van der Waals surface area contributed by atoms with E-state index in [9.17, 15) is 0 Å². The van der Waals surface area contributed by atoms with E-state index < -0.39 is 0 Å². The summed E-state index contributed by atoms with van der Waals surface area (Å²) in [5.74, 6) is 3.63. The first-order valence-corrected chi connectivity index (χ1v) is 8.43. The molecule has 0 amide bonds. The van der Waals surface area contributed by atoms with Gasteiger partial charge in [0.1, 0.15) is 11.8 Å². The van der Waals surface area contributed by atoms with Crippen LogP contribution in [0.15, 0.2) is 47.1 Å². The number of aryl methyl sites for hydroxylation is 1. The Morgan fingerprint density at radius 2 is 2.04 bits per heavy atom. The average Bonchev–Trinajstić information content (AvgIpc) is 3.35. The van der Waals surface area contributed by atoms with Crippen molar-refractivity contribution in [3.63, 3.8) is 0 Å². The number of furan rings is 1. The molecule has 134 valence electrons. The van der Waals surface area contributed by atoms with E-state index in [-0.39, 0.29) is 6.04 Å². The van der Waals surface area contributed by atoms with Gasteiger partial charge >= 0.3 is 0 Å². The van der Waals surface area contributed by atoms with Crippen LogP contribution >= 0.6 is 0 Å². The van der Waals surface area contributed by atoms with E-state index in [0.717, 1.165) is 29.3 Å². The normalized spacial score (nSPS) is 15.8. The predicted molar refractivity (Wildman–Crippen MR) is 97.4 cm³/mol. The van der Waals surface area contributed by atoms with E-state index in [1.54, 1.807) is 20.5 Å². The monoisotopic (exact) mass is 352 g/mol. The topological polar surface area (TPSA) is 74.3 Å². The van der Waals surface area contributed by atoms with Gasteiger partial charge in [-0.25, -0.2) is 4.68 Å². The molecule has 7 heteroatoms. The Labute approximate surface area is 151 Å². The fourth-order valence-electron chi connectivity index (χ4n) is 3.02. The second-order valence-corrected chi connectivity index (χ2v) is 5.89. The molecular weight excluding hydrogens is 332 g/mol. The molecule has 0 spiro atoms. The smallest absolute Gasteiger partial charge is 0.226 e. The maximum atomic E-state index is 5.63. The van der Waals surface area contributed by atoms with Gasteiger partial charge in [-0.05, 0) is 36.4 Å². The molecule has 1 aliphatic heterocycles. The minimum atomic E-state index is -0.169. The molecule has 2 aromatic heterocycles. The maximum absolute atomic E-state index is 5.63. The highest BCUT2D eigenvalue weighted by molar-refractivity contribution is 5.78. The lowest BCUT2D eigenvalue weighted by Crippen LogP contribution is -2.20. The number of methoxy groups -OCH3 is 2. The van der Waals surface area contributed by atoms with Gasteiger partial charge < -0.3 is 19.2 Å². The summed E-state index contributed by atoms with van der Waals surface area (Å²) in [4.78, 5) is 4.58. The molecule has 1 aromatic carbocycles. The van der Waals surface area contributed by atoms with Gasteiger partial charge in [0, 0.05) is 17.7 Å². The van der Waals surface area contributed by atoms with E-state index in [0.29, 0.717) is 17.4 Å². The molecule has 3 heterocycles. The van der Waals surface area contributed by atoms with Crippen LogP contribution in [-0.2, 0) is 6.42 Å². The number of ether oxygens (including phenoxy) is 2. The van der Waals surface area contributed by atoms with Crippen LogP contribution in [-0.4, -0.2) is 29.0 Å². The van der Waals surface area contributed by atoms with Gasteiger partial charge in [0.15, 0.2) is 17.3 Å². The Hall–Kier alpha value is -3.22. The van der Waals surface area contributed by atoms with Gasteiger partial charge in [-0.1, -0.05) is 6.92 Å². The van der Waals surface area contributed by atoms with Crippen molar-refractivity contribution in [2.24, 2.45) is 0 Å². The van der Waals surface area contributed by atoms with Gasteiger partial charge in [-0.15, -0.1) is 0 Å². The minimum absolute atomic E-state index is 0.169. The van der Waals surface area contributed by atoms with Gasteiger partial charge in [-0.3, -0.25) is 0 Å². The lowest BCUT2D eigenvalue weighted by atomic mass is 10.1. The molecule has 0 radical (unpaired) electrons. The van der Waals surface area contributed by atoms with Crippen molar-refractivity contribution in [3.05, 3.63) is 59.8 Å². The van der Waals surface area contributed by atoms with E-state index in [4.69, 9.17) is 13.9 Å². The Morgan fingerprint density at radius 3 is 2.73 bits per heavy atom. The van der Waals surface area contributed by atoms with Gasteiger partial charge in [0.05, 0.1) is 20.5 Å². The zero-order valence-corrected chi connectivity index (χ0v) is 14.9. The van der Waals surface area contributed by atoms with E-state index in [2.05, 4.69) is 21.5 Å². The van der Waals surface area contributed by atoms with E-state index in [1.807, 2.05) is 41.9 Å². The Balaban J connectivity index is 1.79. The fourth-order valence-corrected chi connectivity index (χ4v) is 3.02. The third kappa shape index (κ3) is 2.71. The molecule has 1 N–H and O–H groups in total. The Kier molecular flexibility index (Phi) is 4.12. The summed E-state index contributed by atoms with van der Waals surface area (Å²) in [6, 6.07) is 9.44. The van der Waals surface area contributed by atoms with Crippen molar-refractivity contribution in [2.75, 3.05) is 19.5 Å². The molecule has 1 atom stereocenters. The predicted octanol–water partition coefficient (Wildman–Crippen LogP) is 3.51. The summed E-state index contributed by atoms with van der Waals surface area (Å²) >= 11 is 0. The third-order valence-electron chi connectivity index (χ3n) is 4.36. The standard InChI is InChI=1S/C19H20N4O3/c1-4-18-21-19-20-13(12-7-8-16(24-2)17(10-12)25-3)11-14(23(19)22-18)15-6-5-9-26-15/h5-11,14H,4H2,1-3H3,(H,20,21,22)/t14-/m1/s1. The lowest BCUT2D eigenvalue weighted by Gasteiger charge is -2.23. The van der Waals surface area contributed by atoms with Crippen LogP contribution < -0.4 is 14.8 Å². The molecule has 1 aliphatic rings. The summed E-state index contributed by atoms with van der Waals surface area (Å²) in [5, 5.41) is 7.95. The third-order valence-corrected chi connectivity index (χ3v) is 4.36.